The van der Waals surface area contributed by atoms with Gasteiger partial charge in [-0.05, 0) is 41.8 Å². The molecule has 0 fully saturated rings. The average molecular weight is 393 g/mol. The number of nitrogens with zero attached hydrogens (tertiary/aromatic N) is 3. The van der Waals surface area contributed by atoms with Crippen LogP contribution >= 0.6 is 0 Å². The highest BCUT2D eigenvalue weighted by molar-refractivity contribution is 6.00. The summed E-state index contributed by atoms with van der Waals surface area (Å²) in [6.07, 6.45) is 5.90. The Bertz CT molecular complexity index is 1110. The van der Waals surface area contributed by atoms with Gasteiger partial charge < -0.3 is 5.21 Å². The van der Waals surface area contributed by atoms with Crippen molar-refractivity contribution in [2.24, 2.45) is 5.16 Å². The number of oxime groups is 1. The van der Waals surface area contributed by atoms with E-state index in [1.54, 1.807) is 12.4 Å². The Hall–Kier alpha value is -3.79. The van der Waals surface area contributed by atoms with Crippen LogP contribution in [0, 0.1) is 6.92 Å². The largest absolute Gasteiger partial charge is 0.411 e. The molecule has 0 aliphatic carbocycles. The van der Waals surface area contributed by atoms with Crippen LogP contribution in [0.5, 0.6) is 0 Å². The average Bonchev–Trinajstić information content (AvgIpc) is 2.82. The Kier molecular flexibility index (Phi) is 5.95. The summed E-state index contributed by atoms with van der Waals surface area (Å²) < 4.78 is 0. The minimum absolute atomic E-state index is 0.0652. The number of hydrogen-bond donors (Lipinski definition) is 1. The van der Waals surface area contributed by atoms with Crippen LogP contribution in [0.3, 0.4) is 0 Å². The highest BCUT2D eigenvalue weighted by Gasteiger charge is 2.19. The maximum Gasteiger partial charge on any atom is 0.0878 e. The summed E-state index contributed by atoms with van der Waals surface area (Å²) in [5.74, 6) is 0.0652. The standard InChI is InChI=1S/C26H23N3O/c1-19-7-8-24(18-28-19)20-9-11-22(12-10-20)25(21-5-3-2-4-6-21)17-26(29-30)23-13-15-27-16-14-23/h2-16,18,25,30H,17H2,1H3. The summed E-state index contributed by atoms with van der Waals surface area (Å²) in [5, 5.41) is 13.3. The maximum atomic E-state index is 9.70. The fourth-order valence-electron chi connectivity index (χ4n) is 3.61. The number of hydrogen-bond acceptors (Lipinski definition) is 4. The third kappa shape index (κ3) is 4.44. The van der Waals surface area contributed by atoms with Crippen LogP contribution in [0.15, 0.2) is 103 Å². The van der Waals surface area contributed by atoms with E-state index in [2.05, 4.69) is 57.6 Å². The molecule has 4 aromatic rings. The molecule has 4 nitrogen and oxygen atoms in total. The van der Waals surface area contributed by atoms with Gasteiger partial charge >= 0.3 is 0 Å². The minimum Gasteiger partial charge on any atom is -0.411 e. The van der Waals surface area contributed by atoms with Crippen LogP contribution in [0.1, 0.15) is 34.7 Å². The molecule has 0 aliphatic rings. The normalized spacial score (nSPS) is 12.5. The van der Waals surface area contributed by atoms with Gasteiger partial charge in [0.15, 0.2) is 0 Å². The summed E-state index contributed by atoms with van der Waals surface area (Å²) in [4.78, 5) is 8.46. The molecule has 1 unspecified atom stereocenters. The quantitative estimate of drug-likeness (QED) is 0.254. The van der Waals surface area contributed by atoms with Crippen molar-refractivity contribution in [2.45, 2.75) is 19.3 Å². The lowest BCUT2D eigenvalue weighted by atomic mass is 9.85. The van der Waals surface area contributed by atoms with Gasteiger partial charge in [0.1, 0.15) is 0 Å². The zero-order valence-corrected chi connectivity index (χ0v) is 16.8. The lowest BCUT2D eigenvalue weighted by Gasteiger charge is -2.19. The second-order valence-corrected chi connectivity index (χ2v) is 7.26. The summed E-state index contributed by atoms with van der Waals surface area (Å²) in [6, 6.07) is 26.7. The molecule has 1 N–H and O–H groups in total. The minimum atomic E-state index is 0.0652. The first-order valence-electron chi connectivity index (χ1n) is 9.94. The first-order chi connectivity index (χ1) is 14.7. The molecule has 0 bridgehead atoms. The monoisotopic (exact) mass is 393 g/mol. The molecule has 4 heteroatoms. The van der Waals surface area contributed by atoms with E-state index in [0.717, 1.165) is 22.4 Å². The summed E-state index contributed by atoms with van der Waals surface area (Å²) in [7, 11) is 0. The van der Waals surface area contributed by atoms with Gasteiger partial charge in [-0.1, -0.05) is 65.8 Å². The Morgan fingerprint density at radius 3 is 2.13 bits per heavy atom. The number of benzene rings is 2. The molecule has 0 amide bonds. The Labute approximate surface area is 176 Å². The van der Waals surface area contributed by atoms with E-state index in [1.807, 2.05) is 49.5 Å². The maximum absolute atomic E-state index is 9.70. The van der Waals surface area contributed by atoms with Crippen LogP contribution < -0.4 is 0 Å². The van der Waals surface area contributed by atoms with Crippen LogP contribution in [0.25, 0.3) is 11.1 Å². The summed E-state index contributed by atoms with van der Waals surface area (Å²) in [6.45, 7) is 1.99. The van der Waals surface area contributed by atoms with E-state index < -0.39 is 0 Å². The van der Waals surface area contributed by atoms with Crippen LogP contribution in [-0.4, -0.2) is 20.9 Å². The molecule has 30 heavy (non-hydrogen) atoms. The highest BCUT2D eigenvalue weighted by Crippen LogP contribution is 2.31. The van der Waals surface area contributed by atoms with Crippen molar-refractivity contribution < 1.29 is 5.21 Å². The van der Waals surface area contributed by atoms with E-state index >= 15 is 0 Å². The third-order valence-corrected chi connectivity index (χ3v) is 5.29. The van der Waals surface area contributed by atoms with E-state index in [-0.39, 0.29) is 5.92 Å². The molecule has 2 aromatic heterocycles. The van der Waals surface area contributed by atoms with Crippen LogP contribution in [0.2, 0.25) is 0 Å². The van der Waals surface area contributed by atoms with E-state index in [9.17, 15) is 5.21 Å². The van der Waals surface area contributed by atoms with Crippen molar-refractivity contribution >= 4 is 5.71 Å². The SMILES string of the molecule is Cc1ccc(-c2ccc(C(CC(=NO)c3ccncc3)c3ccccc3)cc2)cn1. The van der Waals surface area contributed by atoms with Gasteiger partial charge in [-0.25, -0.2) is 0 Å². The molecule has 2 aromatic carbocycles. The number of aryl methyl sites for hydroxylation is 1. The molecule has 0 spiro atoms. The molecule has 148 valence electrons. The first-order valence-corrected chi connectivity index (χ1v) is 9.94. The predicted molar refractivity (Wildman–Crippen MR) is 120 cm³/mol. The van der Waals surface area contributed by atoms with Crippen molar-refractivity contribution in [3.63, 3.8) is 0 Å². The molecule has 0 aliphatic heterocycles. The van der Waals surface area contributed by atoms with Crippen molar-refractivity contribution in [3.8, 4) is 11.1 Å². The Morgan fingerprint density at radius 2 is 1.50 bits per heavy atom. The zero-order valence-electron chi connectivity index (χ0n) is 16.8. The number of aromatic nitrogens is 2. The third-order valence-electron chi connectivity index (χ3n) is 5.29. The van der Waals surface area contributed by atoms with Crippen molar-refractivity contribution in [1.29, 1.82) is 0 Å². The molecule has 0 saturated carbocycles. The molecular formula is C26H23N3O. The van der Waals surface area contributed by atoms with E-state index in [1.165, 1.54) is 11.1 Å². The van der Waals surface area contributed by atoms with Crippen LogP contribution in [-0.2, 0) is 0 Å². The van der Waals surface area contributed by atoms with E-state index in [0.29, 0.717) is 12.1 Å². The van der Waals surface area contributed by atoms with Crippen LogP contribution in [0.4, 0.5) is 0 Å². The summed E-state index contributed by atoms with van der Waals surface area (Å²) >= 11 is 0. The van der Waals surface area contributed by atoms with E-state index in [4.69, 9.17) is 0 Å². The smallest absolute Gasteiger partial charge is 0.0878 e. The second kappa shape index (κ2) is 9.14. The number of rotatable bonds is 6. The van der Waals surface area contributed by atoms with Gasteiger partial charge in [-0.3, -0.25) is 9.97 Å². The van der Waals surface area contributed by atoms with Crippen molar-refractivity contribution in [2.75, 3.05) is 0 Å². The van der Waals surface area contributed by atoms with Gasteiger partial charge in [0.25, 0.3) is 0 Å². The van der Waals surface area contributed by atoms with Crippen molar-refractivity contribution in [3.05, 3.63) is 120 Å². The Balaban J connectivity index is 1.67. The molecule has 0 saturated heterocycles. The fraction of sp³-hybridized carbons (Fsp3) is 0.115. The van der Waals surface area contributed by atoms with Crippen molar-refractivity contribution in [1.82, 2.24) is 9.97 Å². The first kappa shape index (κ1) is 19.5. The summed E-state index contributed by atoms with van der Waals surface area (Å²) in [5.41, 5.74) is 7.08. The second-order valence-electron chi connectivity index (χ2n) is 7.26. The lowest BCUT2D eigenvalue weighted by molar-refractivity contribution is 0.317. The number of pyridine rings is 2. The lowest BCUT2D eigenvalue weighted by Crippen LogP contribution is -2.10. The molecule has 2 heterocycles. The molecular weight excluding hydrogens is 370 g/mol. The predicted octanol–water partition coefficient (Wildman–Crippen LogP) is 5.85. The highest BCUT2D eigenvalue weighted by atomic mass is 16.4. The zero-order chi connectivity index (χ0) is 20.8. The molecule has 1 atom stereocenters. The van der Waals surface area contributed by atoms with Gasteiger partial charge in [0, 0.05) is 47.8 Å². The fourth-order valence-corrected chi connectivity index (χ4v) is 3.61. The van der Waals surface area contributed by atoms with Gasteiger partial charge in [0.05, 0.1) is 5.71 Å². The van der Waals surface area contributed by atoms with Gasteiger partial charge in [-0.15, -0.1) is 0 Å². The van der Waals surface area contributed by atoms with Gasteiger partial charge in [0.2, 0.25) is 0 Å². The molecule has 0 radical (unpaired) electrons. The Morgan fingerprint density at radius 1 is 0.833 bits per heavy atom. The van der Waals surface area contributed by atoms with Gasteiger partial charge in [-0.2, -0.15) is 0 Å². The molecule has 4 rings (SSSR count). The topological polar surface area (TPSA) is 58.4 Å².